The van der Waals surface area contributed by atoms with Crippen LogP contribution in [0.15, 0.2) is 115 Å². The third-order valence-corrected chi connectivity index (χ3v) is 15.5. The molecule has 0 bridgehead atoms. The zero-order chi connectivity index (χ0) is 22.5. The number of carbonyl (C=O) groups excluding carboxylic acids is 1. The summed E-state index contributed by atoms with van der Waals surface area (Å²) >= 11 is 4.48. The zero-order valence-electron chi connectivity index (χ0n) is 18.0. The molecule has 0 spiro atoms. The average Bonchev–Trinajstić information content (AvgIpc) is 2.86. The van der Waals surface area contributed by atoms with Crippen molar-refractivity contribution in [2.75, 3.05) is 7.11 Å². The van der Waals surface area contributed by atoms with E-state index in [1.165, 1.54) is 28.6 Å². The van der Waals surface area contributed by atoms with E-state index in [1.54, 1.807) is 0 Å². The summed E-state index contributed by atoms with van der Waals surface area (Å²) in [6.45, 7) is 0. The molecular weight excluding hydrogens is 479 g/mol. The molecule has 0 radical (unpaired) electrons. The van der Waals surface area contributed by atoms with Crippen molar-refractivity contribution in [3.05, 3.63) is 126 Å². The maximum absolute atomic E-state index is 11.9. The molecule has 32 heavy (non-hydrogen) atoms. The van der Waals surface area contributed by atoms with Crippen molar-refractivity contribution in [2.45, 2.75) is 12.6 Å². The van der Waals surface area contributed by atoms with E-state index >= 15 is 0 Å². The number of esters is 1. The molecule has 4 aromatic rings. The predicted molar refractivity (Wildman–Crippen MR) is 140 cm³/mol. The van der Waals surface area contributed by atoms with Gasteiger partial charge in [0.1, 0.15) is 0 Å². The van der Waals surface area contributed by atoms with Crippen molar-refractivity contribution in [3.63, 3.8) is 0 Å². The molecule has 0 aliphatic rings. The van der Waals surface area contributed by atoms with E-state index in [1.807, 2.05) is 12.1 Å². The first kappa shape index (κ1) is 22.5. The number of methoxy groups -OCH3 is 1. The molecule has 0 aliphatic heterocycles. The van der Waals surface area contributed by atoms with Gasteiger partial charge in [0.15, 0.2) is 0 Å². The van der Waals surface area contributed by atoms with Crippen LogP contribution < -0.4 is 15.9 Å². The van der Waals surface area contributed by atoms with Crippen molar-refractivity contribution >= 4 is 42.7 Å². The molecule has 0 amide bonds. The molecule has 0 unspecified atom stereocenters. The summed E-state index contributed by atoms with van der Waals surface area (Å²) in [7, 11) is 1.43. The number of halogens is 1. The molecule has 0 atom stereocenters. The van der Waals surface area contributed by atoms with Crippen LogP contribution in [-0.4, -0.2) is 13.1 Å². The van der Waals surface area contributed by atoms with E-state index in [0.717, 1.165) is 11.7 Å². The Morgan fingerprint density at radius 2 is 1.12 bits per heavy atom. The number of ether oxygens (including phenoxy) is 1. The fourth-order valence-electron chi connectivity index (χ4n) is 4.36. The fourth-order valence-corrected chi connectivity index (χ4v) is 12.1. The molecule has 0 aliphatic carbocycles. The van der Waals surface area contributed by atoms with Crippen LogP contribution in [0, 0.1) is 0 Å². The van der Waals surface area contributed by atoms with E-state index in [0.29, 0.717) is 0 Å². The molecule has 0 N–H and O–H groups in total. The molecule has 4 aromatic carbocycles. The van der Waals surface area contributed by atoms with E-state index in [4.69, 9.17) is 4.74 Å². The summed E-state index contributed by atoms with van der Waals surface area (Å²) in [5, 5.41) is 0.759. The Morgan fingerprint density at radius 3 is 1.56 bits per heavy atom. The standard InChI is InChI=1S/C28H26BrO2P/c1-31-28(30)21-23-12-11-13-24(20-23)22-32(29,25-14-5-2-6-15-25,26-16-7-3-8-17-26)27-18-9-4-10-19-27/h2-20H,21-22H2,1H3. The van der Waals surface area contributed by atoms with Gasteiger partial charge >= 0.3 is 198 Å². The second-order valence-corrected chi connectivity index (χ2v) is 16.8. The number of rotatable bonds is 7. The third kappa shape index (κ3) is 4.16. The molecule has 4 heteroatoms. The minimum atomic E-state index is -3.06. The Labute approximate surface area is 197 Å². The Bertz CT molecular complexity index is 1090. The third-order valence-electron chi connectivity index (χ3n) is 5.93. The van der Waals surface area contributed by atoms with E-state index < -0.39 is 5.31 Å². The maximum atomic E-state index is 11.9. The van der Waals surface area contributed by atoms with Crippen LogP contribution in [0.5, 0.6) is 0 Å². The summed E-state index contributed by atoms with van der Waals surface area (Å²) in [6.07, 6.45) is 1.06. The second kappa shape index (κ2) is 9.40. The number of benzene rings is 4. The first-order valence-corrected chi connectivity index (χ1v) is 15.0. The van der Waals surface area contributed by atoms with Crippen molar-refractivity contribution in [1.82, 2.24) is 0 Å². The van der Waals surface area contributed by atoms with Gasteiger partial charge in [-0.15, -0.1) is 0 Å². The monoisotopic (exact) mass is 504 g/mol. The fraction of sp³-hybridized carbons (Fsp3) is 0.107. The first-order valence-electron chi connectivity index (χ1n) is 10.6. The first-order chi connectivity index (χ1) is 15.5. The summed E-state index contributed by atoms with van der Waals surface area (Å²) in [6, 6.07) is 40.5. The quantitative estimate of drug-likeness (QED) is 0.237. The van der Waals surface area contributed by atoms with Crippen molar-refractivity contribution in [2.24, 2.45) is 0 Å². The van der Waals surface area contributed by atoms with Gasteiger partial charge in [-0.25, -0.2) is 0 Å². The van der Waals surface area contributed by atoms with Crippen LogP contribution in [-0.2, 0) is 22.1 Å². The Balaban J connectivity index is 1.97. The van der Waals surface area contributed by atoms with Gasteiger partial charge in [0.25, 0.3) is 0 Å². The van der Waals surface area contributed by atoms with Crippen LogP contribution in [0.25, 0.3) is 0 Å². The van der Waals surface area contributed by atoms with Gasteiger partial charge in [-0.2, -0.15) is 0 Å². The second-order valence-electron chi connectivity index (χ2n) is 7.92. The normalized spacial score (nSPS) is 12.5. The van der Waals surface area contributed by atoms with Gasteiger partial charge in [0.2, 0.25) is 0 Å². The molecular formula is C28H26BrO2P. The van der Waals surface area contributed by atoms with Gasteiger partial charge in [-0.05, 0) is 0 Å². The predicted octanol–water partition coefficient (Wildman–Crippen LogP) is 5.74. The Kier molecular flexibility index (Phi) is 6.60. The number of hydrogen-bond acceptors (Lipinski definition) is 2. The summed E-state index contributed by atoms with van der Waals surface area (Å²) in [4.78, 5) is 11.9. The van der Waals surface area contributed by atoms with Crippen molar-refractivity contribution < 1.29 is 9.53 Å². The van der Waals surface area contributed by atoms with Crippen LogP contribution in [0.1, 0.15) is 11.1 Å². The van der Waals surface area contributed by atoms with Crippen LogP contribution in [0.4, 0.5) is 0 Å². The summed E-state index contributed by atoms with van der Waals surface area (Å²) in [5.74, 6) is -0.229. The summed E-state index contributed by atoms with van der Waals surface area (Å²) < 4.78 is 4.88. The van der Waals surface area contributed by atoms with Gasteiger partial charge in [-0.1, -0.05) is 0 Å². The van der Waals surface area contributed by atoms with Gasteiger partial charge in [0, 0.05) is 0 Å². The molecule has 0 aromatic heterocycles. The average molecular weight is 505 g/mol. The molecule has 0 saturated heterocycles. The van der Waals surface area contributed by atoms with Crippen molar-refractivity contribution in [3.8, 4) is 0 Å². The molecule has 162 valence electrons. The van der Waals surface area contributed by atoms with Gasteiger partial charge in [0.05, 0.1) is 0 Å². The van der Waals surface area contributed by atoms with E-state index in [2.05, 4.69) is 119 Å². The molecule has 4 rings (SSSR count). The zero-order valence-corrected chi connectivity index (χ0v) is 20.5. The van der Waals surface area contributed by atoms with E-state index in [9.17, 15) is 4.79 Å². The number of hydrogen-bond donors (Lipinski definition) is 0. The van der Waals surface area contributed by atoms with Crippen LogP contribution >= 0.6 is 20.8 Å². The van der Waals surface area contributed by atoms with Crippen LogP contribution in [0.2, 0.25) is 0 Å². The van der Waals surface area contributed by atoms with Crippen molar-refractivity contribution in [1.29, 1.82) is 0 Å². The molecule has 0 fully saturated rings. The Hall–Kier alpha value is -2.74. The topological polar surface area (TPSA) is 26.3 Å². The minimum absolute atomic E-state index is 0.229. The van der Waals surface area contributed by atoms with Crippen LogP contribution in [0.3, 0.4) is 0 Å². The molecule has 0 heterocycles. The molecule has 2 nitrogen and oxygen atoms in total. The van der Waals surface area contributed by atoms with E-state index in [-0.39, 0.29) is 12.4 Å². The van der Waals surface area contributed by atoms with Gasteiger partial charge < -0.3 is 0 Å². The number of carbonyl (C=O) groups is 1. The molecule has 0 saturated carbocycles. The SMILES string of the molecule is COC(=O)Cc1cccc(CP(Br)(c2ccccc2)(c2ccccc2)c2ccccc2)c1. The Morgan fingerprint density at radius 1 is 0.688 bits per heavy atom. The van der Waals surface area contributed by atoms with Gasteiger partial charge in [-0.3, -0.25) is 0 Å². The summed E-state index contributed by atoms with van der Waals surface area (Å²) in [5.41, 5.74) is 2.14.